The number of aryl methyl sites for hydroxylation is 1. The first-order valence-corrected chi connectivity index (χ1v) is 10.1. The molecule has 144 valence electrons. The number of hydrogen-bond acceptors (Lipinski definition) is 6. The number of carbonyl (C=O) groups excluding carboxylic acids is 2. The highest BCUT2D eigenvalue weighted by atomic mass is 32.2. The molecule has 8 heteroatoms. The van der Waals surface area contributed by atoms with Crippen LogP contribution in [0.15, 0.2) is 33.9 Å². The highest BCUT2D eigenvalue weighted by Gasteiger charge is 2.22. The standard InChI is InChI=1S/C19H24N4O3S/c1-3-14-6-8-15(9-7-14)13(2)20-16(24)12-27-19-22-21-17(26-19)11-23-10-4-5-18(23)25/h6-9,13H,3-5,10-12H2,1-2H3,(H,20,24). The number of nitrogens with one attached hydrogen (secondary N) is 1. The Kier molecular flexibility index (Phi) is 6.49. The minimum absolute atomic E-state index is 0.0663. The molecule has 2 heterocycles. The van der Waals surface area contributed by atoms with Crippen molar-refractivity contribution in [2.75, 3.05) is 12.3 Å². The molecule has 1 atom stereocenters. The summed E-state index contributed by atoms with van der Waals surface area (Å²) < 4.78 is 5.53. The molecular weight excluding hydrogens is 364 g/mol. The SMILES string of the molecule is CCc1ccc(C(C)NC(=O)CSc2nnc(CN3CCCC3=O)o2)cc1. The van der Waals surface area contributed by atoms with E-state index in [0.717, 1.165) is 24.9 Å². The predicted octanol–water partition coefficient (Wildman–Crippen LogP) is 2.72. The molecule has 0 aliphatic carbocycles. The van der Waals surface area contributed by atoms with E-state index in [0.29, 0.717) is 24.1 Å². The van der Waals surface area contributed by atoms with Crippen LogP contribution in [0.25, 0.3) is 0 Å². The van der Waals surface area contributed by atoms with Gasteiger partial charge in [0.1, 0.15) is 0 Å². The van der Waals surface area contributed by atoms with Crippen molar-refractivity contribution in [2.45, 2.75) is 50.9 Å². The molecule has 1 aliphatic rings. The number of amides is 2. The molecule has 1 aromatic carbocycles. The molecule has 0 saturated carbocycles. The minimum atomic E-state index is -0.0958. The van der Waals surface area contributed by atoms with E-state index in [2.05, 4.69) is 34.6 Å². The fraction of sp³-hybridized carbons (Fsp3) is 0.474. The average Bonchev–Trinajstić information content (AvgIpc) is 3.29. The first kappa shape index (κ1) is 19.4. The average molecular weight is 388 g/mol. The molecule has 1 fully saturated rings. The van der Waals surface area contributed by atoms with E-state index in [9.17, 15) is 9.59 Å². The van der Waals surface area contributed by atoms with Crippen molar-refractivity contribution in [3.05, 3.63) is 41.3 Å². The summed E-state index contributed by atoms with van der Waals surface area (Å²) in [6, 6.07) is 8.18. The number of rotatable bonds is 8. The zero-order chi connectivity index (χ0) is 19.2. The molecule has 3 rings (SSSR count). The van der Waals surface area contributed by atoms with Gasteiger partial charge in [0.05, 0.1) is 18.3 Å². The van der Waals surface area contributed by atoms with Crippen molar-refractivity contribution in [3.8, 4) is 0 Å². The second-order valence-electron chi connectivity index (χ2n) is 6.55. The zero-order valence-electron chi connectivity index (χ0n) is 15.6. The van der Waals surface area contributed by atoms with Gasteiger partial charge in [0, 0.05) is 13.0 Å². The van der Waals surface area contributed by atoms with Crippen LogP contribution in [0.3, 0.4) is 0 Å². The van der Waals surface area contributed by atoms with Crippen LogP contribution in [0.4, 0.5) is 0 Å². The fourth-order valence-corrected chi connectivity index (χ4v) is 3.52. The second kappa shape index (κ2) is 9.03. The van der Waals surface area contributed by atoms with Crippen LogP contribution in [0, 0.1) is 0 Å². The number of carbonyl (C=O) groups is 2. The molecule has 2 aromatic rings. The largest absolute Gasteiger partial charge is 0.414 e. The molecule has 1 aromatic heterocycles. The highest BCUT2D eigenvalue weighted by molar-refractivity contribution is 7.99. The van der Waals surface area contributed by atoms with Crippen molar-refractivity contribution in [1.82, 2.24) is 20.4 Å². The van der Waals surface area contributed by atoms with Crippen molar-refractivity contribution in [1.29, 1.82) is 0 Å². The lowest BCUT2D eigenvalue weighted by atomic mass is 10.1. The Hall–Kier alpha value is -2.35. The lowest BCUT2D eigenvalue weighted by Crippen LogP contribution is -2.28. The number of thioether (sulfide) groups is 1. The van der Waals surface area contributed by atoms with Gasteiger partial charge in [-0.3, -0.25) is 9.59 Å². The maximum Gasteiger partial charge on any atom is 0.277 e. The van der Waals surface area contributed by atoms with E-state index >= 15 is 0 Å². The van der Waals surface area contributed by atoms with Crippen molar-refractivity contribution in [3.63, 3.8) is 0 Å². The Balaban J connectivity index is 1.45. The van der Waals surface area contributed by atoms with Crippen molar-refractivity contribution >= 4 is 23.6 Å². The van der Waals surface area contributed by atoms with Crippen LogP contribution < -0.4 is 5.32 Å². The second-order valence-corrected chi connectivity index (χ2v) is 7.48. The van der Waals surface area contributed by atoms with Crippen LogP contribution in [0.2, 0.25) is 0 Å². The zero-order valence-corrected chi connectivity index (χ0v) is 16.4. The maximum atomic E-state index is 12.2. The summed E-state index contributed by atoms with van der Waals surface area (Å²) in [5.41, 5.74) is 2.34. The Morgan fingerprint density at radius 1 is 1.33 bits per heavy atom. The molecule has 1 saturated heterocycles. The Morgan fingerprint density at radius 3 is 2.78 bits per heavy atom. The summed E-state index contributed by atoms with van der Waals surface area (Å²) in [5, 5.41) is 11.2. The van der Waals surface area contributed by atoms with Crippen LogP contribution in [-0.2, 0) is 22.6 Å². The van der Waals surface area contributed by atoms with E-state index in [-0.39, 0.29) is 23.6 Å². The minimum Gasteiger partial charge on any atom is -0.414 e. The van der Waals surface area contributed by atoms with E-state index in [1.54, 1.807) is 4.90 Å². The first-order valence-electron chi connectivity index (χ1n) is 9.16. The molecule has 0 bridgehead atoms. The molecule has 0 spiro atoms. The summed E-state index contributed by atoms with van der Waals surface area (Å²) in [5.74, 6) is 0.614. The third-order valence-corrected chi connectivity index (χ3v) is 5.36. The molecule has 1 aliphatic heterocycles. The number of benzene rings is 1. The molecular formula is C19H24N4O3S. The van der Waals surface area contributed by atoms with Crippen LogP contribution in [-0.4, -0.2) is 39.2 Å². The summed E-state index contributed by atoms with van der Waals surface area (Å²) in [4.78, 5) is 25.5. The smallest absolute Gasteiger partial charge is 0.277 e. The van der Waals surface area contributed by atoms with E-state index < -0.39 is 0 Å². The van der Waals surface area contributed by atoms with Gasteiger partial charge in [-0.2, -0.15) is 0 Å². The quantitative estimate of drug-likeness (QED) is 0.700. The normalized spacial score (nSPS) is 15.2. The number of nitrogens with zero attached hydrogens (tertiary/aromatic N) is 3. The molecule has 27 heavy (non-hydrogen) atoms. The van der Waals surface area contributed by atoms with E-state index in [1.807, 2.05) is 19.1 Å². The Morgan fingerprint density at radius 2 is 2.11 bits per heavy atom. The molecule has 1 N–H and O–H groups in total. The monoisotopic (exact) mass is 388 g/mol. The molecule has 0 radical (unpaired) electrons. The lowest BCUT2D eigenvalue weighted by molar-refractivity contribution is -0.128. The van der Waals surface area contributed by atoms with Crippen molar-refractivity contribution < 1.29 is 14.0 Å². The van der Waals surface area contributed by atoms with E-state index in [4.69, 9.17) is 4.42 Å². The summed E-state index contributed by atoms with van der Waals surface area (Å²) >= 11 is 1.20. The predicted molar refractivity (Wildman–Crippen MR) is 102 cm³/mol. The molecule has 2 amide bonds. The topological polar surface area (TPSA) is 88.3 Å². The Labute approximate surface area is 162 Å². The van der Waals surface area contributed by atoms with Gasteiger partial charge < -0.3 is 14.6 Å². The van der Waals surface area contributed by atoms with Gasteiger partial charge in [0.15, 0.2) is 0 Å². The maximum absolute atomic E-state index is 12.2. The third kappa shape index (κ3) is 5.32. The number of hydrogen-bond donors (Lipinski definition) is 1. The van der Waals surface area contributed by atoms with Gasteiger partial charge >= 0.3 is 0 Å². The first-order chi connectivity index (χ1) is 13.0. The van der Waals surface area contributed by atoms with Crippen molar-refractivity contribution in [2.24, 2.45) is 0 Å². The van der Waals surface area contributed by atoms with Gasteiger partial charge in [0.2, 0.25) is 17.7 Å². The molecule has 7 nitrogen and oxygen atoms in total. The van der Waals surface area contributed by atoms with E-state index in [1.165, 1.54) is 17.3 Å². The highest BCUT2D eigenvalue weighted by Crippen LogP contribution is 2.19. The van der Waals surface area contributed by atoms with Gasteiger partial charge in [-0.15, -0.1) is 10.2 Å². The molecule has 1 unspecified atom stereocenters. The van der Waals surface area contributed by atoms with Crippen LogP contribution in [0.1, 0.15) is 49.7 Å². The van der Waals surface area contributed by atoms with Crippen LogP contribution in [0.5, 0.6) is 0 Å². The van der Waals surface area contributed by atoms with Gasteiger partial charge in [-0.1, -0.05) is 43.0 Å². The van der Waals surface area contributed by atoms with Gasteiger partial charge in [-0.05, 0) is 30.9 Å². The lowest BCUT2D eigenvalue weighted by Gasteiger charge is -2.14. The summed E-state index contributed by atoms with van der Waals surface area (Å²) in [7, 11) is 0. The fourth-order valence-electron chi connectivity index (χ4n) is 2.93. The van der Waals surface area contributed by atoms with Gasteiger partial charge in [0.25, 0.3) is 5.22 Å². The van der Waals surface area contributed by atoms with Gasteiger partial charge in [-0.25, -0.2) is 0 Å². The third-order valence-electron chi connectivity index (χ3n) is 4.54. The number of likely N-dealkylation sites (tertiary alicyclic amines) is 1. The number of aromatic nitrogens is 2. The summed E-state index contributed by atoms with van der Waals surface area (Å²) in [6.07, 6.45) is 2.44. The Bertz CT molecular complexity index is 791. The summed E-state index contributed by atoms with van der Waals surface area (Å²) in [6.45, 7) is 5.14. The van der Waals surface area contributed by atoms with Crippen LogP contribution >= 0.6 is 11.8 Å².